The molecule has 214 valence electrons. The number of rotatable bonds is 9. The van der Waals surface area contributed by atoms with Gasteiger partial charge in [-0.05, 0) is 59.7 Å². The van der Waals surface area contributed by atoms with Gasteiger partial charge in [0, 0.05) is 23.3 Å². The van der Waals surface area contributed by atoms with Crippen molar-refractivity contribution in [3.63, 3.8) is 0 Å². The first-order valence-electron chi connectivity index (χ1n) is 11.9. The minimum absolute atomic E-state index is 0.120. The number of carbonyl (C=O) groups excluding carboxylic acids is 2. The molecule has 0 heterocycles. The molecule has 2 N–H and O–H groups in total. The lowest BCUT2D eigenvalue weighted by molar-refractivity contribution is -0.384. The summed E-state index contributed by atoms with van der Waals surface area (Å²) >= 11 is 11.9. The number of methoxy groups -OCH3 is 2. The first kappa shape index (κ1) is 29.8. The Bertz CT molecular complexity index is 1620. The van der Waals surface area contributed by atoms with Crippen LogP contribution in [0.3, 0.4) is 0 Å². The first-order chi connectivity index (χ1) is 20.0. The molecule has 0 spiro atoms. The number of nitrogens with zero attached hydrogens (tertiary/aromatic N) is 2. The number of anilines is 2. The Hall–Kier alpha value is -5.20. The highest BCUT2D eigenvalue weighted by molar-refractivity contribution is 6.33. The van der Waals surface area contributed by atoms with Crippen LogP contribution in [0.5, 0.6) is 11.5 Å². The van der Waals surface area contributed by atoms with Crippen molar-refractivity contribution in [1.82, 2.24) is 0 Å². The number of hydrogen-bond donors (Lipinski definition) is 2. The van der Waals surface area contributed by atoms with Gasteiger partial charge in [-0.15, -0.1) is 0 Å². The highest BCUT2D eigenvalue weighted by atomic mass is 35.5. The van der Waals surface area contributed by atoms with Crippen LogP contribution in [0.2, 0.25) is 10.0 Å². The van der Waals surface area contributed by atoms with Gasteiger partial charge in [-0.1, -0.05) is 35.3 Å². The fourth-order valence-electron chi connectivity index (χ4n) is 3.93. The smallest absolute Gasteiger partial charge is 0.287 e. The third-order valence-electron chi connectivity index (χ3n) is 6.05. The van der Waals surface area contributed by atoms with E-state index in [2.05, 4.69) is 10.6 Å². The summed E-state index contributed by atoms with van der Waals surface area (Å²) in [4.78, 5) is 46.2. The molecular weight excluding hydrogens is 591 g/mol. The normalized spacial score (nSPS) is 10.5. The number of carbonyl (C=O) groups is 2. The molecule has 0 saturated heterocycles. The van der Waals surface area contributed by atoms with Crippen molar-refractivity contribution in [3.05, 3.63) is 114 Å². The number of nitro groups is 2. The van der Waals surface area contributed by atoms with Gasteiger partial charge in [-0.3, -0.25) is 29.8 Å². The maximum atomic E-state index is 12.8. The zero-order valence-corrected chi connectivity index (χ0v) is 23.4. The zero-order chi connectivity index (χ0) is 30.6. The molecule has 0 unspecified atom stereocenters. The van der Waals surface area contributed by atoms with E-state index in [1.165, 1.54) is 38.5 Å². The van der Waals surface area contributed by atoms with Crippen LogP contribution in [0.15, 0.2) is 72.8 Å². The van der Waals surface area contributed by atoms with Gasteiger partial charge < -0.3 is 20.1 Å². The molecule has 12 nitrogen and oxygen atoms in total. The molecule has 0 aliphatic carbocycles. The van der Waals surface area contributed by atoms with Crippen LogP contribution in [0, 0.1) is 20.2 Å². The molecule has 0 fully saturated rings. The number of hydrogen-bond acceptors (Lipinski definition) is 8. The lowest BCUT2D eigenvalue weighted by atomic mass is 10.0. The molecule has 42 heavy (non-hydrogen) atoms. The van der Waals surface area contributed by atoms with Crippen molar-refractivity contribution in [2.75, 3.05) is 24.9 Å². The molecule has 2 amide bonds. The molecule has 0 saturated carbocycles. The lowest BCUT2D eigenvalue weighted by Crippen LogP contribution is -2.13. The van der Waals surface area contributed by atoms with E-state index in [1.807, 2.05) is 0 Å². The van der Waals surface area contributed by atoms with Crippen LogP contribution in [0.4, 0.5) is 22.7 Å². The number of halogens is 2. The first-order valence-corrected chi connectivity index (χ1v) is 12.6. The molecule has 0 aliphatic rings. The summed E-state index contributed by atoms with van der Waals surface area (Å²) in [7, 11) is 2.86. The van der Waals surface area contributed by atoms with Gasteiger partial charge in [0.2, 0.25) is 0 Å². The Kier molecular flexibility index (Phi) is 8.89. The monoisotopic (exact) mass is 610 g/mol. The molecule has 4 aromatic carbocycles. The number of nitrogens with one attached hydrogen (secondary N) is 2. The van der Waals surface area contributed by atoms with E-state index in [4.69, 9.17) is 32.7 Å². The fraction of sp³-hybridized carbons (Fsp3) is 0.0714. The summed E-state index contributed by atoms with van der Waals surface area (Å²) in [5.41, 5.74) is 1.70. The number of amides is 2. The Labute approximate surface area is 248 Å². The van der Waals surface area contributed by atoms with Crippen LogP contribution in [0.25, 0.3) is 11.1 Å². The molecule has 0 aromatic heterocycles. The van der Waals surface area contributed by atoms with Gasteiger partial charge in [0.15, 0.2) is 0 Å². The topological polar surface area (TPSA) is 163 Å². The van der Waals surface area contributed by atoms with E-state index in [1.54, 1.807) is 36.4 Å². The van der Waals surface area contributed by atoms with E-state index >= 15 is 0 Å². The average Bonchev–Trinajstić information content (AvgIpc) is 2.96. The summed E-state index contributed by atoms with van der Waals surface area (Å²) < 4.78 is 10.9. The third kappa shape index (κ3) is 6.40. The van der Waals surface area contributed by atoms with Crippen LogP contribution in [0.1, 0.15) is 20.7 Å². The second kappa shape index (κ2) is 12.5. The second-order valence-corrected chi connectivity index (χ2v) is 9.40. The van der Waals surface area contributed by atoms with Gasteiger partial charge >= 0.3 is 0 Å². The van der Waals surface area contributed by atoms with E-state index < -0.39 is 21.7 Å². The van der Waals surface area contributed by atoms with Gasteiger partial charge in [-0.2, -0.15) is 0 Å². The third-order valence-corrected chi connectivity index (χ3v) is 6.65. The molecule has 14 heteroatoms. The minimum atomic E-state index is -0.643. The van der Waals surface area contributed by atoms with Crippen molar-refractivity contribution in [3.8, 4) is 22.6 Å². The fourth-order valence-corrected chi connectivity index (χ4v) is 4.43. The number of benzene rings is 4. The summed E-state index contributed by atoms with van der Waals surface area (Å²) in [6, 6.07) is 17.4. The highest BCUT2D eigenvalue weighted by Crippen LogP contribution is 2.36. The molecule has 4 aromatic rings. The standard InChI is InChI=1S/C28H20Cl2N4O8/c1-41-25-13-15(3-7-21(25)31-27(35)17-5-9-23(33(37)38)19(29)11-17)16-4-8-22(26(14-16)42-2)32-28(36)18-6-10-24(34(39)40)20(30)12-18/h3-14H,1-2H3,(H,31,35)(H,32,36). The lowest BCUT2D eigenvalue weighted by Gasteiger charge is -2.15. The number of ether oxygens (including phenoxy) is 2. The Balaban J connectivity index is 1.54. The van der Waals surface area contributed by atoms with Crippen molar-refractivity contribution < 1.29 is 28.9 Å². The van der Waals surface area contributed by atoms with E-state index in [0.717, 1.165) is 12.1 Å². The van der Waals surface area contributed by atoms with E-state index in [0.29, 0.717) is 34.0 Å². The summed E-state index contributed by atoms with van der Waals surface area (Å²) in [5.74, 6) is -0.427. The Morgan fingerprint density at radius 1 is 0.643 bits per heavy atom. The quantitative estimate of drug-likeness (QED) is 0.151. The van der Waals surface area contributed by atoms with Crippen molar-refractivity contribution in [2.45, 2.75) is 0 Å². The van der Waals surface area contributed by atoms with Crippen molar-refractivity contribution >= 4 is 57.8 Å². The van der Waals surface area contributed by atoms with E-state index in [-0.39, 0.29) is 32.5 Å². The molecule has 0 aliphatic heterocycles. The minimum Gasteiger partial charge on any atom is -0.495 e. The van der Waals surface area contributed by atoms with Crippen molar-refractivity contribution in [2.24, 2.45) is 0 Å². The van der Waals surface area contributed by atoms with Crippen LogP contribution < -0.4 is 20.1 Å². The maximum absolute atomic E-state index is 12.8. The Morgan fingerprint density at radius 3 is 1.33 bits per heavy atom. The average molecular weight is 611 g/mol. The van der Waals surface area contributed by atoms with Gasteiger partial charge in [0.25, 0.3) is 23.2 Å². The summed E-state index contributed by atoms with van der Waals surface area (Å²) in [6.07, 6.45) is 0. The van der Waals surface area contributed by atoms with Crippen LogP contribution >= 0.6 is 23.2 Å². The summed E-state index contributed by atoms with van der Waals surface area (Å²) in [6.45, 7) is 0. The van der Waals surface area contributed by atoms with Gasteiger partial charge in [-0.25, -0.2) is 0 Å². The molecule has 0 radical (unpaired) electrons. The molecule has 0 bridgehead atoms. The Morgan fingerprint density at radius 2 is 1.02 bits per heavy atom. The molecule has 0 atom stereocenters. The van der Waals surface area contributed by atoms with Crippen molar-refractivity contribution in [1.29, 1.82) is 0 Å². The maximum Gasteiger partial charge on any atom is 0.287 e. The summed E-state index contributed by atoms with van der Waals surface area (Å²) in [5, 5.41) is 27.0. The molecule has 4 rings (SSSR count). The SMILES string of the molecule is COc1cc(-c2ccc(NC(=O)c3ccc([N+](=O)[O-])c(Cl)c3)c(OC)c2)ccc1NC(=O)c1ccc([N+](=O)[O-])c(Cl)c1. The second-order valence-electron chi connectivity index (χ2n) is 8.58. The predicted molar refractivity (Wildman–Crippen MR) is 157 cm³/mol. The predicted octanol–water partition coefficient (Wildman–Crippen LogP) is 7.00. The largest absolute Gasteiger partial charge is 0.495 e. The van der Waals surface area contributed by atoms with Gasteiger partial charge in [0.05, 0.1) is 35.4 Å². The van der Waals surface area contributed by atoms with Crippen LogP contribution in [-0.4, -0.2) is 35.9 Å². The number of nitro benzene ring substituents is 2. The van der Waals surface area contributed by atoms with Gasteiger partial charge in [0.1, 0.15) is 21.5 Å². The van der Waals surface area contributed by atoms with E-state index in [9.17, 15) is 29.8 Å². The zero-order valence-electron chi connectivity index (χ0n) is 21.8. The van der Waals surface area contributed by atoms with Crippen LogP contribution in [-0.2, 0) is 0 Å². The highest BCUT2D eigenvalue weighted by Gasteiger charge is 2.19. The molecular formula is C28H20Cl2N4O8.